The molecule has 4 nitrogen and oxygen atoms in total. The van der Waals surface area contributed by atoms with Crippen molar-refractivity contribution in [1.29, 1.82) is 0 Å². The van der Waals surface area contributed by atoms with Crippen LogP contribution in [0.25, 0.3) is 6.08 Å². The van der Waals surface area contributed by atoms with Crippen LogP contribution in [-0.2, 0) is 4.79 Å². The number of amides is 1. The van der Waals surface area contributed by atoms with Gasteiger partial charge in [-0.3, -0.25) is 4.79 Å². The lowest BCUT2D eigenvalue weighted by atomic mass is 10.2. The lowest BCUT2D eigenvalue weighted by Gasteiger charge is -2.24. The lowest BCUT2D eigenvalue weighted by molar-refractivity contribution is -0.128. The summed E-state index contributed by atoms with van der Waals surface area (Å²) >= 11 is 0. The highest BCUT2D eigenvalue weighted by Crippen LogP contribution is 2.25. The zero-order chi connectivity index (χ0) is 15.4. The summed E-state index contributed by atoms with van der Waals surface area (Å²) in [6, 6.07) is 5.18. The van der Waals surface area contributed by atoms with Gasteiger partial charge in [0.05, 0.1) is 0 Å². The molecule has 1 aliphatic heterocycles. The molecule has 0 aromatic heterocycles. The van der Waals surface area contributed by atoms with Crippen molar-refractivity contribution >= 4 is 12.0 Å². The van der Waals surface area contributed by atoms with Crippen molar-refractivity contribution in [1.82, 2.24) is 4.90 Å². The number of benzene rings is 1. The molecule has 1 aromatic carbocycles. The Morgan fingerprint density at radius 1 is 1.14 bits per heavy atom. The number of hydrogen-bond acceptors (Lipinski definition) is 3. The van der Waals surface area contributed by atoms with Gasteiger partial charge in [-0.25, -0.2) is 0 Å². The van der Waals surface area contributed by atoms with E-state index in [0.29, 0.717) is 12.1 Å². The standard InChI is InChI=1S/C17H21NO3/c1-12-7-8-13(2)18(12)17(21)6-4-3-5-14-9-10-15(19)16(20)11-14/h3-6,9-13,19-20H,7-8H2,1-2H3/b5-3+,6-4+/t12-,13-/m1/s1. The van der Waals surface area contributed by atoms with Crippen molar-refractivity contribution in [2.45, 2.75) is 38.8 Å². The summed E-state index contributed by atoms with van der Waals surface area (Å²) in [5.74, 6) is -0.266. The van der Waals surface area contributed by atoms with E-state index in [1.807, 2.05) is 4.90 Å². The van der Waals surface area contributed by atoms with E-state index < -0.39 is 0 Å². The molecule has 0 spiro atoms. The summed E-state index contributed by atoms with van der Waals surface area (Å²) < 4.78 is 0. The molecular formula is C17H21NO3. The molecule has 2 N–H and O–H groups in total. The third-order valence-electron chi connectivity index (χ3n) is 3.84. The van der Waals surface area contributed by atoms with E-state index in [2.05, 4.69) is 13.8 Å². The van der Waals surface area contributed by atoms with Crippen LogP contribution in [0.15, 0.2) is 36.4 Å². The Hall–Kier alpha value is -2.23. The molecule has 0 radical (unpaired) electrons. The van der Waals surface area contributed by atoms with Gasteiger partial charge in [-0.15, -0.1) is 0 Å². The van der Waals surface area contributed by atoms with E-state index in [4.69, 9.17) is 0 Å². The first kappa shape index (κ1) is 15.2. The van der Waals surface area contributed by atoms with Gasteiger partial charge in [-0.2, -0.15) is 0 Å². The third kappa shape index (κ3) is 3.66. The average Bonchev–Trinajstić information content (AvgIpc) is 2.78. The Bertz CT molecular complexity index is 567. The van der Waals surface area contributed by atoms with Crippen LogP contribution in [-0.4, -0.2) is 33.1 Å². The van der Waals surface area contributed by atoms with Crippen LogP contribution in [0, 0.1) is 0 Å². The van der Waals surface area contributed by atoms with Crippen LogP contribution in [0.3, 0.4) is 0 Å². The Morgan fingerprint density at radius 2 is 1.81 bits per heavy atom. The predicted octanol–water partition coefficient (Wildman–Crippen LogP) is 3.07. The first-order chi connectivity index (χ1) is 9.99. The highest BCUT2D eigenvalue weighted by atomic mass is 16.3. The summed E-state index contributed by atoms with van der Waals surface area (Å²) in [5, 5.41) is 18.6. The number of rotatable bonds is 3. The molecule has 2 atom stereocenters. The molecule has 1 aliphatic rings. The highest BCUT2D eigenvalue weighted by Gasteiger charge is 2.29. The van der Waals surface area contributed by atoms with Crippen molar-refractivity contribution < 1.29 is 15.0 Å². The molecule has 4 heteroatoms. The second-order valence-corrected chi connectivity index (χ2v) is 5.49. The Kier molecular flexibility index (Phi) is 4.68. The number of aromatic hydroxyl groups is 2. The molecule has 0 unspecified atom stereocenters. The lowest BCUT2D eigenvalue weighted by Crippen LogP contribution is -2.37. The highest BCUT2D eigenvalue weighted by molar-refractivity contribution is 5.88. The number of likely N-dealkylation sites (tertiary alicyclic amines) is 1. The topological polar surface area (TPSA) is 60.8 Å². The van der Waals surface area contributed by atoms with Crippen molar-refractivity contribution in [3.05, 3.63) is 42.0 Å². The molecular weight excluding hydrogens is 266 g/mol. The number of allylic oxidation sites excluding steroid dienone is 2. The van der Waals surface area contributed by atoms with Crippen molar-refractivity contribution in [2.75, 3.05) is 0 Å². The molecule has 1 fully saturated rings. The van der Waals surface area contributed by atoms with E-state index >= 15 is 0 Å². The van der Waals surface area contributed by atoms with Gasteiger partial charge in [0.25, 0.3) is 0 Å². The summed E-state index contributed by atoms with van der Waals surface area (Å²) in [6.07, 6.45) is 8.89. The molecule has 1 heterocycles. The van der Waals surface area contributed by atoms with Crippen LogP contribution >= 0.6 is 0 Å². The summed E-state index contributed by atoms with van der Waals surface area (Å²) in [7, 11) is 0. The molecule has 112 valence electrons. The fourth-order valence-corrected chi connectivity index (χ4v) is 2.66. The number of nitrogens with zero attached hydrogens (tertiary/aromatic N) is 1. The van der Waals surface area contributed by atoms with Gasteiger partial charge in [-0.05, 0) is 44.4 Å². The first-order valence-corrected chi connectivity index (χ1v) is 7.18. The van der Waals surface area contributed by atoms with E-state index in [-0.39, 0.29) is 17.4 Å². The van der Waals surface area contributed by atoms with Gasteiger partial charge in [0.2, 0.25) is 5.91 Å². The number of phenolic OH excluding ortho intramolecular Hbond substituents is 2. The summed E-state index contributed by atoms with van der Waals surface area (Å²) in [5.41, 5.74) is 0.755. The second-order valence-electron chi connectivity index (χ2n) is 5.49. The minimum absolute atomic E-state index is 0.0331. The van der Waals surface area contributed by atoms with Crippen molar-refractivity contribution in [3.63, 3.8) is 0 Å². The summed E-state index contributed by atoms with van der Waals surface area (Å²) in [6.45, 7) is 4.15. The minimum Gasteiger partial charge on any atom is -0.504 e. The van der Waals surface area contributed by atoms with Crippen molar-refractivity contribution in [2.24, 2.45) is 0 Å². The van der Waals surface area contributed by atoms with Gasteiger partial charge in [-0.1, -0.05) is 24.3 Å². The molecule has 2 rings (SSSR count). The fraction of sp³-hybridized carbons (Fsp3) is 0.353. The molecule has 21 heavy (non-hydrogen) atoms. The number of phenols is 2. The van der Waals surface area contributed by atoms with Gasteiger partial charge in [0.15, 0.2) is 11.5 Å². The van der Waals surface area contributed by atoms with E-state index in [9.17, 15) is 15.0 Å². The zero-order valence-corrected chi connectivity index (χ0v) is 12.4. The van der Waals surface area contributed by atoms with Crippen LogP contribution in [0.4, 0.5) is 0 Å². The molecule has 1 amide bonds. The Balaban J connectivity index is 1.96. The zero-order valence-electron chi connectivity index (χ0n) is 12.4. The smallest absolute Gasteiger partial charge is 0.247 e. The maximum Gasteiger partial charge on any atom is 0.247 e. The number of hydrogen-bond donors (Lipinski definition) is 2. The van der Waals surface area contributed by atoms with Gasteiger partial charge in [0.1, 0.15) is 0 Å². The van der Waals surface area contributed by atoms with E-state index in [0.717, 1.165) is 18.4 Å². The number of carbonyl (C=O) groups excluding carboxylic acids is 1. The van der Waals surface area contributed by atoms with Crippen LogP contribution < -0.4 is 0 Å². The largest absolute Gasteiger partial charge is 0.504 e. The maximum absolute atomic E-state index is 12.1. The Morgan fingerprint density at radius 3 is 2.43 bits per heavy atom. The van der Waals surface area contributed by atoms with Crippen LogP contribution in [0.1, 0.15) is 32.3 Å². The van der Waals surface area contributed by atoms with E-state index in [1.165, 1.54) is 12.1 Å². The monoisotopic (exact) mass is 287 g/mol. The van der Waals surface area contributed by atoms with Gasteiger partial charge in [0, 0.05) is 18.2 Å². The quantitative estimate of drug-likeness (QED) is 0.510. The third-order valence-corrected chi connectivity index (χ3v) is 3.84. The molecule has 1 aromatic rings. The second kappa shape index (κ2) is 6.48. The molecule has 0 saturated carbocycles. The number of carbonyl (C=O) groups is 1. The normalized spacial score (nSPS) is 22.5. The Labute approximate surface area is 125 Å². The molecule has 1 saturated heterocycles. The van der Waals surface area contributed by atoms with Gasteiger partial charge < -0.3 is 15.1 Å². The maximum atomic E-state index is 12.1. The minimum atomic E-state index is -0.156. The van der Waals surface area contributed by atoms with Crippen LogP contribution in [0.2, 0.25) is 0 Å². The van der Waals surface area contributed by atoms with Crippen LogP contribution in [0.5, 0.6) is 11.5 Å². The average molecular weight is 287 g/mol. The fourth-order valence-electron chi connectivity index (χ4n) is 2.66. The van der Waals surface area contributed by atoms with Gasteiger partial charge >= 0.3 is 0 Å². The summed E-state index contributed by atoms with van der Waals surface area (Å²) in [4.78, 5) is 14.0. The molecule has 0 bridgehead atoms. The SMILES string of the molecule is C[C@@H]1CC[C@@H](C)N1C(=O)/C=C/C=C/c1ccc(O)c(O)c1. The predicted molar refractivity (Wildman–Crippen MR) is 82.9 cm³/mol. The van der Waals surface area contributed by atoms with E-state index in [1.54, 1.807) is 30.4 Å². The first-order valence-electron chi connectivity index (χ1n) is 7.18. The molecule has 0 aliphatic carbocycles. The van der Waals surface area contributed by atoms with Crippen molar-refractivity contribution in [3.8, 4) is 11.5 Å².